The Bertz CT molecular complexity index is 1290. The third kappa shape index (κ3) is 4.80. The maximum absolute atomic E-state index is 13.0. The van der Waals surface area contributed by atoms with Crippen LogP contribution in [0.15, 0.2) is 40.6 Å². The molecule has 180 valence electrons. The number of anilines is 2. The van der Waals surface area contributed by atoms with Crippen LogP contribution >= 0.6 is 11.3 Å². The molecule has 0 bridgehead atoms. The van der Waals surface area contributed by atoms with Crippen LogP contribution in [0.1, 0.15) is 37.8 Å². The van der Waals surface area contributed by atoms with Crippen molar-refractivity contribution in [3.05, 3.63) is 41.4 Å². The van der Waals surface area contributed by atoms with Crippen molar-refractivity contribution in [1.82, 2.24) is 14.3 Å². The molecule has 0 aliphatic carbocycles. The highest BCUT2D eigenvalue weighted by Gasteiger charge is 2.28. The van der Waals surface area contributed by atoms with Crippen molar-refractivity contribution in [1.29, 1.82) is 0 Å². The summed E-state index contributed by atoms with van der Waals surface area (Å²) in [6, 6.07) is 9.08. The number of amides is 1. The summed E-state index contributed by atoms with van der Waals surface area (Å²) in [7, 11) is -3.47. The number of carbonyl (C=O) groups is 1. The number of benzene rings is 1. The van der Waals surface area contributed by atoms with Gasteiger partial charge in [-0.15, -0.1) is 11.3 Å². The van der Waals surface area contributed by atoms with Gasteiger partial charge in [-0.05, 0) is 62.9 Å². The van der Waals surface area contributed by atoms with E-state index in [0.29, 0.717) is 23.1 Å². The molecule has 4 heterocycles. The summed E-state index contributed by atoms with van der Waals surface area (Å²) in [4.78, 5) is 24.2. The number of rotatable bonds is 5. The second-order valence-corrected chi connectivity index (χ2v) is 11.8. The number of hydrogen-bond acceptors (Lipinski definition) is 7. The quantitative estimate of drug-likeness (QED) is 0.570. The molecule has 2 saturated heterocycles. The molecule has 2 aliphatic heterocycles. The van der Waals surface area contributed by atoms with Crippen LogP contribution in [-0.4, -0.2) is 54.8 Å². The fourth-order valence-corrected chi connectivity index (χ4v) is 6.92. The van der Waals surface area contributed by atoms with Crippen molar-refractivity contribution in [3.63, 3.8) is 0 Å². The first kappa shape index (κ1) is 23.2. The van der Waals surface area contributed by atoms with Crippen LogP contribution in [0.5, 0.6) is 0 Å². The van der Waals surface area contributed by atoms with Gasteiger partial charge >= 0.3 is 0 Å². The van der Waals surface area contributed by atoms with Gasteiger partial charge in [-0.1, -0.05) is 6.42 Å². The number of nitrogens with zero attached hydrogens (tertiary/aromatic N) is 4. The smallest absolute Gasteiger partial charge is 0.243 e. The number of hydrogen-bond donors (Lipinski definition) is 1. The van der Waals surface area contributed by atoms with Gasteiger partial charge in [0.05, 0.1) is 16.1 Å². The number of carbonyl (C=O) groups excluding carboxylic acids is 1. The molecule has 0 saturated carbocycles. The molecule has 0 unspecified atom stereocenters. The number of aromatic nitrogens is 2. The minimum Gasteiger partial charge on any atom is -0.357 e. The molecule has 8 nitrogen and oxygen atoms in total. The number of aryl methyl sites for hydroxylation is 1. The predicted molar refractivity (Wildman–Crippen MR) is 135 cm³/mol. The van der Waals surface area contributed by atoms with Crippen molar-refractivity contribution in [2.45, 2.75) is 43.9 Å². The third-order valence-corrected chi connectivity index (χ3v) is 9.41. The summed E-state index contributed by atoms with van der Waals surface area (Å²) in [5.41, 5.74) is 1.68. The molecule has 0 radical (unpaired) electrons. The fraction of sp³-hybridized carbons (Fsp3) is 0.458. The highest BCUT2D eigenvalue weighted by molar-refractivity contribution is 7.89. The average Bonchev–Trinajstić information content (AvgIpc) is 3.28. The SMILES string of the molecule is Cc1csc(NC(=O)C2CCN(c3ccc4cc(S(=O)(=O)N5CCCCC5)ccc4n3)CC2)n1. The molecule has 2 aromatic heterocycles. The largest absolute Gasteiger partial charge is 0.357 e. The van der Waals surface area contributed by atoms with Gasteiger partial charge in [0, 0.05) is 42.9 Å². The molecule has 2 fully saturated rings. The average molecular weight is 500 g/mol. The van der Waals surface area contributed by atoms with E-state index < -0.39 is 10.0 Å². The van der Waals surface area contributed by atoms with Gasteiger partial charge in [0.2, 0.25) is 15.9 Å². The van der Waals surface area contributed by atoms with E-state index in [1.807, 2.05) is 24.4 Å². The first-order valence-corrected chi connectivity index (χ1v) is 14.1. The minimum absolute atomic E-state index is 0.0305. The highest BCUT2D eigenvalue weighted by Crippen LogP contribution is 2.28. The Morgan fingerprint density at radius 2 is 1.79 bits per heavy atom. The third-order valence-electron chi connectivity index (χ3n) is 6.64. The lowest BCUT2D eigenvalue weighted by atomic mass is 9.96. The summed E-state index contributed by atoms with van der Waals surface area (Å²) >= 11 is 1.45. The maximum Gasteiger partial charge on any atom is 0.243 e. The first-order chi connectivity index (χ1) is 16.4. The van der Waals surface area contributed by atoms with Crippen LogP contribution in [-0.2, 0) is 14.8 Å². The van der Waals surface area contributed by atoms with E-state index in [9.17, 15) is 13.2 Å². The zero-order chi connectivity index (χ0) is 23.7. The molecule has 0 atom stereocenters. The number of pyridine rings is 1. The Morgan fingerprint density at radius 3 is 2.50 bits per heavy atom. The molecule has 34 heavy (non-hydrogen) atoms. The van der Waals surface area contributed by atoms with Gasteiger partial charge < -0.3 is 10.2 Å². The predicted octanol–water partition coefficient (Wildman–Crippen LogP) is 4.03. The second kappa shape index (κ2) is 9.59. The summed E-state index contributed by atoms with van der Waals surface area (Å²) < 4.78 is 27.6. The molecular formula is C24H29N5O3S2. The zero-order valence-electron chi connectivity index (χ0n) is 19.2. The second-order valence-electron chi connectivity index (χ2n) is 9.03. The van der Waals surface area contributed by atoms with Crippen LogP contribution in [0.4, 0.5) is 10.9 Å². The van der Waals surface area contributed by atoms with E-state index in [-0.39, 0.29) is 11.8 Å². The highest BCUT2D eigenvalue weighted by atomic mass is 32.2. The van der Waals surface area contributed by atoms with E-state index in [0.717, 1.165) is 67.6 Å². The number of fused-ring (bicyclic) bond motifs is 1. The molecule has 5 rings (SSSR count). The summed E-state index contributed by atoms with van der Waals surface area (Å²) in [6.45, 7) is 4.59. The van der Waals surface area contributed by atoms with E-state index in [1.165, 1.54) is 11.3 Å². The number of sulfonamides is 1. The van der Waals surface area contributed by atoms with Crippen LogP contribution in [0, 0.1) is 12.8 Å². The normalized spacial score (nSPS) is 18.3. The lowest BCUT2D eigenvalue weighted by molar-refractivity contribution is -0.120. The van der Waals surface area contributed by atoms with Gasteiger partial charge in [-0.3, -0.25) is 4.79 Å². The van der Waals surface area contributed by atoms with Crippen LogP contribution in [0.2, 0.25) is 0 Å². The minimum atomic E-state index is -3.47. The molecule has 1 N–H and O–H groups in total. The summed E-state index contributed by atoms with van der Waals surface area (Å²) in [5.74, 6) is 0.847. The van der Waals surface area contributed by atoms with Gasteiger partial charge in [-0.25, -0.2) is 18.4 Å². The molecule has 1 aromatic carbocycles. The standard InChI is InChI=1S/C24H29N5O3S2/c1-17-16-33-24(25-17)27-23(30)18-9-13-28(14-10-18)22-8-5-19-15-20(6-7-21(19)26-22)34(31,32)29-11-3-2-4-12-29/h5-8,15-16,18H,2-4,9-14H2,1H3,(H,25,27,30). The molecule has 1 amide bonds. The van der Waals surface area contributed by atoms with E-state index in [1.54, 1.807) is 22.5 Å². The van der Waals surface area contributed by atoms with Crippen molar-refractivity contribution >= 4 is 49.1 Å². The fourth-order valence-electron chi connectivity index (χ4n) is 4.67. The lowest BCUT2D eigenvalue weighted by Crippen LogP contribution is -2.38. The number of piperidine rings is 2. The Kier molecular flexibility index (Phi) is 6.54. The first-order valence-electron chi connectivity index (χ1n) is 11.8. The molecule has 3 aromatic rings. The van der Waals surface area contributed by atoms with Crippen molar-refractivity contribution in [2.24, 2.45) is 5.92 Å². The van der Waals surface area contributed by atoms with E-state index >= 15 is 0 Å². The Morgan fingerprint density at radius 1 is 1.03 bits per heavy atom. The maximum atomic E-state index is 13.0. The van der Waals surface area contributed by atoms with Gasteiger partial charge in [0.1, 0.15) is 5.82 Å². The Hall–Kier alpha value is -2.56. The molecule has 10 heteroatoms. The van der Waals surface area contributed by atoms with E-state index in [4.69, 9.17) is 4.98 Å². The van der Waals surface area contributed by atoms with E-state index in [2.05, 4.69) is 15.2 Å². The number of thiazole rings is 1. The van der Waals surface area contributed by atoms with Gasteiger partial charge in [0.25, 0.3) is 0 Å². The summed E-state index contributed by atoms with van der Waals surface area (Å²) in [5, 5.41) is 6.33. The summed E-state index contributed by atoms with van der Waals surface area (Å²) in [6.07, 6.45) is 4.43. The Balaban J connectivity index is 1.25. The van der Waals surface area contributed by atoms with Crippen molar-refractivity contribution < 1.29 is 13.2 Å². The monoisotopic (exact) mass is 499 g/mol. The lowest BCUT2D eigenvalue weighted by Gasteiger charge is -2.32. The van der Waals surface area contributed by atoms with Crippen LogP contribution in [0.3, 0.4) is 0 Å². The number of nitrogens with one attached hydrogen (secondary N) is 1. The Labute approximate surface area is 204 Å². The van der Waals surface area contributed by atoms with Crippen LogP contribution < -0.4 is 10.2 Å². The van der Waals surface area contributed by atoms with Crippen molar-refractivity contribution in [3.8, 4) is 0 Å². The van der Waals surface area contributed by atoms with Gasteiger partial charge in [0.15, 0.2) is 5.13 Å². The molecular weight excluding hydrogens is 470 g/mol. The molecule has 0 spiro atoms. The topological polar surface area (TPSA) is 95.5 Å². The van der Waals surface area contributed by atoms with Crippen LogP contribution in [0.25, 0.3) is 10.9 Å². The molecule has 2 aliphatic rings. The zero-order valence-corrected chi connectivity index (χ0v) is 20.9. The van der Waals surface area contributed by atoms with Crippen molar-refractivity contribution in [2.75, 3.05) is 36.4 Å². The van der Waals surface area contributed by atoms with Gasteiger partial charge in [-0.2, -0.15) is 4.31 Å².